The van der Waals surface area contributed by atoms with Gasteiger partial charge in [0.05, 0.1) is 16.7 Å². The van der Waals surface area contributed by atoms with Gasteiger partial charge < -0.3 is 4.42 Å². The van der Waals surface area contributed by atoms with Crippen LogP contribution in [0.25, 0.3) is 17.4 Å². The van der Waals surface area contributed by atoms with Crippen molar-refractivity contribution < 1.29 is 18.3 Å². The summed E-state index contributed by atoms with van der Waals surface area (Å²) in [7, 11) is -2.60. The first-order chi connectivity index (χ1) is 12.8. The van der Waals surface area contributed by atoms with E-state index in [1.54, 1.807) is 24.3 Å². The Balaban J connectivity index is 1.54. The van der Waals surface area contributed by atoms with E-state index in [9.17, 15) is 13.9 Å². The zero-order valence-corrected chi connectivity index (χ0v) is 17.2. The van der Waals surface area contributed by atoms with Crippen molar-refractivity contribution >= 4 is 62.5 Å². The first-order valence-corrected chi connectivity index (χ1v) is 11.7. The highest BCUT2D eigenvalue weighted by Crippen LogP contribution is 2.49. The fourth-order valence-corrected chi connectivity index (χ4v) is 6.38. The third-order valence-corrected chi connectivity index (χ3v) is 7.85. The molecule has 2 aliphatic rings. The molecule has 2 saturated heterocycles. The topological polar surface area (TPSA) is 73.9 Å². The van der Waals surface area contributed by atoms with E-state index in [1.165, 1.54) is 16.7 Å². The van der Waals surface area contributed by atoms with Crippen LogP contribution >= 0.6 is 46.2 Å². The summed E-state index contributed by atoms with van der Waals surface area (Å²) in [5.41, 5.74) is 0.891. The van der Waals surface area contributed by atoms with Crippen molar-refractivity contribution in [2.75, 3.05) is 11.5 Å². The van der Waals surface area contributed by atoms with Gasteiger partial charge in [0, 0.05) is 22.4 Å². The number of rotatable bonds is 3. The highest BCUT2D eigenvalue weighted by atomic mass is 35.5. The van der Waals surface area contributed by atoms with Crippen molar-refractivity contribution in [1.29, 1.82) is 0 Å². The van der Waals surface area contributed by atoms with E-state index in [2.05, 4.69) is 0 Å². The number of hydrogen-bond donors (Lipinski definition) is 2. The number of carbonyl (C=O) groups excluding carboxylic acids is 1. The van der Waals surface area contributed by atoms with Gasteiger partial charge in [0.2, 0.25) is 0 Å². The lowest BCUT2D eigenvalue weighted by molar-refractivity contribution is -0.123. The van der Waals surface area contributed by atoms with Crippen molar-refractivity contribution in [3.8, 4) is 11.3 Å². The second-order valence-electron chi connectivity index (χ2n) is 6.38. The van der Waals surface area contributed by atoms with E-state index >= 15 is 0 Å². The molecule has 0 aliphatic carbocycles. The molecule has 27 heavy (non-hydrogen) atoms. The number of hydrogen-bond acceptors (Lipinski definition) is 6. The van der Waals surface area contributed by atoms with Gasteiger partial charge in [-0.2, -0.15) is 10.6 Å². The van der Waals surface area contributed by atoms with Crippen LogP contribution in [0.2, 0.25) is 5.02 Å². The Morgan fingerprint density at radius 3 is 2.67 bits per heavy atom. The summed E-state index contributed by atoms with van der Waals surface area (Å²) >= 11 is 12.5. The fourth-order valence-electron chi connectivity index (χ4n) is 3.13. The number of furan rings is 1. The van der Waals surface area contributed by atoms with E-state index in [0.717, 1.165) is 5.56 Å². The first kappa shape index (κ1) is 19.0. The van der Waals surface area contributed by atoms with Crippen molar-refractivity contribution in [3.63, 3.8) is 0 Å². The van der Waals surface area contributed by atoms with Crippen LogP contribution in [-0.2, 0) is 4.79 Å². The van der Waals surface area contributed by atoms with Gasteiger partial charge in [0.15, 0.2) is 0 Å². The number of nitrogens with zero attached hydrogens (tertiary/aromatic N) is 1. The van der Waals surface area contributed by atoms with Crippen LogP contribution in [-0.4, -0.2) is 41.8 Å². The average molecular weight is 442 g/mol. The lowest BCUT2D eigenvalue weighted by atomic mass is 10.2. The number of carbonyl (C=O) groups is 1. The molecular weight excluding hydrogens is 426 g/mol. The molecule has 2 fully saturated rings. The van der Waals surface area contributed by atoms with E-state index in [0.29, 0.717) is 37.9 Å². The molecule has 5 nitrogen and oxygen atoms in total. The molecule has 1 aromatic heterocycles. The van der Waals surface area contributed by atoms with E-state index in [-0.39, 0.29) is 17.7 Å². The van der Waals surface area contributed by atoms with Crippen LogP contribution in [0.5, 0.6) is 0 Å². The number of halogens is 1. The molecule has 2 aromatic rings. The van der Waals surface area contributed by atoms with Gasteiger partial charge in [-0.3, -0.25) is 18.8 Å². The number of amides is 1. The maximum Gasteiger partial charge on any atom is 0.266 e. The van der Waals surface area contributed by atoms with Crippen molar-refractivity contribution in [2.24, 2.45) is 0 Å². The summed E-state index contributed by atoms with van der Waals surface area (Å²) in [6.45, 7) is 0. The van der Waals surface area contributed by atoms with Crippen molar-refractivity contribution in [2.45, 2.75) is 12.5 Å². The van der Waals surface area contributed by atoms with E-state index in [4.69, 9.17) is 28.2 Å². The van der Waals surface area contributed by atoms with Crippen LogP contribution in [0.15, 0.2) is 45.7 Å². The van der Waals surface area contributed by atoms with Crippen LogP contribution in [0.1, 0.15) is 12.2 Å². The zero-order valence-electron chi connectivity index (χ0n) is 14.0. The molecule has 2 N–H and O–H groups in total. The fraction of sp³-hybridized carbons (Fsp3) is 0.222. The minimum atomic E-state index is -2.60. The third-order valence-electron chi connectivity index (χ3n) is 4.45. The van der Waals surface area contributed by atoms with Gasteiger partial charge in [-0.25, -0.2) is 0 Å². The Bertz CT molecular complexity index is 938. The molecule has 0 spiro atoms. The van der Waals surface area contributed by atoms with Crippen LogP contribution in [0, 0.1) is 0 Å². The number of benzene rings is 1. The first-order valence-electron chi connectivity index (χ1n) is 8.19. The molecule has 1 amide bonds. The second kappa shape index (κ2) is 7.27. The summed E-state index contributed by atoms with van der Waals surface area (Å²) in [6, 6.07) is 10.7. The molecule has 3 heterocycles. The Morgan fingerprint density at radius 1 is 1.26 bits per heavy atom. The minimum absolute atomic E-state index is 0.189. The zero-order chi connectivity index (χ0) is 19.2. The predicted molar refractivity (Wildman–Crippen MR) is 115 cm³/mol. The molecule has 2 aliphatic heterocycles. The number of thioether (sulfide) groups is 1. The normalized spacial score (nSPS) is 24.8. The quantitative estimate of drug-likeness (QED) is 0.495. The summed E-state index contributed by atoms with van der Waals surface area (Å²) in [5.74, 6) is 1.52. The SMILES string of the molecule is O=C1C(=Cc2ccc(-c3ccc(Cl)cc3)o2)SC(=S)N1C1CCS(O)(O)C1. The summed E-state index contributed by atoms with van der Waals surface area (Å²) in [4.78, 5) is 14.8. The maximum absolute atomic E-state index is 12.8. The van der Waals surface area contributed by atoms with Gasteiger partial charge in [-0.1, -0.05) is 35.6 Å². The average Bonchev–Trinajstić information content (AvgIpc) is 3.28. The molecule has 4 rings (SSSR count). The highest BCUT2D eigenvalue weighted by molar-refractivity contribution is 8.27. The molecule has 9 heteroatoms. The molecule has 142 valence electrons. The molecule has 1 atom stereocenters. The summed E-state index contributed by atoms with van der Waals surface area (Å²) < 4.78 is 25.9. The van der Waals surface area contributed by atoms with Crippen LogP contribution in [0.4, 0.5) is 0 Å². The maximum atomic E-state index is 12.8. The molecule has 0 radical (unpaired) electrons. The van der Waals surface area contributed by atoms with E-state index < -0.39 is 10.6 Å². The third kappa shape index (κ3) is 3.96. The second-order valence-corrected chi connectivity index (χ2v) is 10.8. The Hall–Kier alpha value is -1.29. The monoisotopic (exact) mass is 441 g/mol. The lowest BCUT2D eigenvalue weighted by Gasteiger charge is -2.28. The summed E-state index contributed by atoms with van der Waals surface area (Å²) in [5, 5.41) is 0.651. The molecule has 1 aromatic carbocycles. The smallest absolute Gasteiger partial charge is 0.266 e. The van der Waals surface area contributed by atoms with Gasteiger partial charge in [-0.15, -0.1) is 0 Å². The van der Waals surface area contributed by atoms with Crippen molar-refractivity contribution in [1.82, 2.24) is 4.90 Å². The van der Waals surface area contributed by atoms with Crippen molar-refractivity contribution in [3.05, 3.63) is 52.1 Å². The largest absolute Gasteiger partial charge is 0.457 e. The van der Waals surface area contributed by atoms with Gasteiger partial charge in [0.25, 0.3) is 5.91 Å². The number of thiocarbonyl (C=S) groups is 1. The molecule has 0 saturated carbocycles. The minimum Gasteiger partial charge on any atom is -0.457 e. The van der Waals surface area contributed by atoms with Crippen LogP contribution < -0.4 is 0 Å². The Morgan fingerprint density at radius 2 is 2.00 bits per heavy atom. The molecule has 1 unspecified atom stereocenters. The Kier molecular flexibility index (Phi) is 5.13. The standard InChI is InChI=1S/C18H16ClNO4S3/c19-12-3-1-11(2-4-12)15-6-5-14(24-15)9-16-17(21)20(18(25)26-16)13-7-8-27(22,23)10-13/h1-6,9,13,22-23H,7-8,10H2. The van der Waals surface area contributed by atoms with Crippen LogP contribution in [0.3, 0.4) is 0 Å². The van der Waals surface area contributed by atoms with Gasteiger partial charge in [0.1, 0.15) is 15.8 Å². The molecule has 0 bridgehead atoms. The Labute approximate surface area is 172 Å². The van der Waals surface area contributed by atoms with Gasteiger partial charge >= 0.3 is 0 Å². The lowest BCUT2D eigenvalue weighted by Crippen LogP contribution is -2.39. The highest BCUT2D eigenvalue weighted by Gasteiger charge is 2.42. The molecular formula is C18H16ClNO4S3. The van der Waals surface area contributed by atoms with Gasteiger partial charge in [-0.05, 0) is 42.8 Å². The van der Waals surface area contributed by atoms with E-state index in [1.807, 2.05) is 18.2 Å². The predicted octanol–water partition coefficient (Wildman–Crippen LogP) is 5.32. The summed E-state index contributed by atoms with van der Waals surface area (Å²) in [6.07, 6.45) is 2.22.